The summed E-state index contributed by atoms with van der Waals surface area (Å²) in [5.74, 6) is 0.216. The molecular weight excluding hydrogens is 264 g/mol. The number of oxime groups is 1. The molecule has 116 valence electrons. The lowest BCUT2D eigenvalue weighted by Gasteiger charge is -2.31. The summed E-state index contributed by atoms with van der Waals surface area (Å²) in [6.07, 6.45) is 1.15. The van der Waals surface area contributed by atoms with Crippen LogP contribution >= 0.6 is 0 Å². The molecule has 1 aliphatic heterocycles. The van der Waals surface area contributed by atoms with E-state index in [0.29, 0.717) is 6.04 Å². The first-order valence-electron chi connectivity index (χ1n) is 7.56. The number of likely N-dealkylation sites (N-methyl/N-ethyl adjacent to an activating group) is 1. The largest absolute Gasteiger partial charge is 0.409 e. The third kappa shape index (κ3) is 4.19. The smallest absolute Gasteiger partial charge is 0.147 e. The molecule has 1 fully saturated rings. The molecule has 2 rings (SSSR count). The summed E-state index contributed by atoms with van der Waals surface area (Å²) >= 11 is 0. The van der Waals surface area contributed by atoms with E-state index in [9.17, 15) is 0 Å². The lowest BCUT2D eigenvalue weighted by atomic mass is 9.96. The SMILES string of the molecule is CC1CN(C)CCCN1CC(/C(N)=N/O)c1ccccc1. The molecule has 0 spiro atoms. The summed E-state index contributed by atoms with van der Waals surface area (Å²) in [6, 6.07) is 10.5. The van der Waals surface area contributed by atoms with Crippen LogP contribution in [0.3, 0.4) is 0 Å². The molecule has 0 aliphatic carbocycles. The van der Waals surface area contributed by atoms with Crippen LogP contribution in [0.4, 0.5) is 0 Å². The molecule has 0 bridgehead atoms. The van der Waals surface area contributed by atoms with E-state index in [1.807, 2.05) is 30.3 Å². The van der Waals surface area contributed by atoms with Gasteiger partial charge in [0.15, 0.2) is 0 Å². The Bertz CT molecular complexity index is 463. The zero-order valence-electron chi connectivity index (χ0n) is 12.9. The summed E-state index contributed by atoms with van der Waals surface area (Å²) in [5.41, 5.74) is 7.04. The van der Waals surface area contributed by atoms with E-state index in [0.717, 1.165) is 38.2 Å². The van der Waals surface area contributed by atoms with Crippen molar-refractivity contribution < 1.29 is 5.21 Å². The highest BCUT2D eigenvalue weighted by Crippen LogP contribution is 2.20. The van der Waals surface area contributed by atoms with E-state index in [4.69, 9.17) is 10.9 Å². The van der Waals surface area contributed by atoms with Gasteiger partial charge in [-0.05, 0) is 39.0 Å². The first-order valence-corrected chi connectivity index (χ1v) is 7.56. The molecule has 0 amide bonds. The van der Waals surface area contributed by atoms with Crippen LogP contribution in [0.1, 0.15) is 24.8 Å². The molecule has 0 saturated carbocycles. The molecule has 1 aromatic carbocycles. The van der Waals surface area contributed by atoms with E-state index in [2.05, 4.69) is 28.9 Å². The molecule has 2 unspecified atom stereocenters. The Morgan fingerprint density at radius 1 is 1.38 bits per heavy atom. The molecule has 5 nitrogen and oxygen atoms in total. The minimum absolute atomic E-state index is 0.0675. The van der Waals surface area contributed by atoms with Crippen molar-refractivity contribution in [3.8, 4) is 0 Å². The molecule has 1 aliphatic rings. The summed E-state index contributed by atoms with van der Waals surface area (Å²) in [6.45, 7) is 6.26. The van der Waals surface area contributed by atoms with Crippen molar-refractivity contribution in [2.75, 3.05) is 33.2 Å². The molecule has 5 heteroatoms. The monoisotopic (exact) mass is 290 g/mol. The van der Waals surface area contributed by atoms with Gasteiger partial charge in [0.1, 0.15) is 5.84 Å². The highest BCUT2D eigenvalue weighted by molar-refractivity contribution is 5.87. The van der Waals surface area contributed by atoms with Gasteiger partial charge in [-0.1, -0.05) is 35.5 Å². The van der Waals surface area contributed by atoms with Crippen LogP contribution in [0.15, 0.2) is 35.5 Å². The van der Waals surface area contributed by atoms with Crippen LogP contribution in [-0.2, 0) is 0 Å². The van der Waals surface area contributed by atoms with Gasteiger partial charge in [0.05, 0.1) is 5.92 Å². The van der Waals surface area contributed by atoms with Gasteiger partial charge >= 0.3 is 0 Å². The molecule has 0 aromatic heterocycles. The van der Waals surface area contributed by atoms with Gasteiger partial charge in [0, 0.05) is 19.1 Å². The molecule has 21 heavy (non-hydrogen) atoms. The summed E-state index contributed by atoms with van der Waals surface area (Å²) in [5, 5.41) is 12.3. The molecule has 2 atom stereocenters. The van der Waals surface area contributed by atoms with Crippen LogP contribution in [-0.4, -0.2) is 60.1 Å². The number of rotatable bonds is 4. The van der Waals surface area contributed by atoms with Crippen molar-refractivity contribution in [1.29, 1.82) is 0 Å². The zero-order chi connectivity index (χ0) is 15.2. The van der Waals surface area contributed by atoms with Gasteiger partial charge < -0.3 is 15.8 Å². The Kier molecular flexibility index (Phi) is 5.59. The Morgan fingerprint density at radius 2 is 2.10 bits per heavy atom. The van der Waals surface area contributed by atoms with Gasteiger partial charge in [-0.2, -0.15) is 0 Å². The van der Waals surface area contributed by atoms with Crippen LogP contribution in [0, 0.1) is 0 Å². The fourth-order valence-electron chi connectivity index (χ4n) is 3.05. The van der Waals surface area contributed by atoms with Gasteiger partial charge in [-0.25, -0.2) is 0 Å². The normalized spacial score (nSPS) is 23.7. The van der Waals surface area contributed by atoms with Gasteiger partial charge in [-0.15, -0.1) is 0 Å². The van der Waals surface area contributed by atoms with Crippen molar-refractivity contribution in [3.63, 3.8) is 0 Å². The van der Waals surface area contributed by atoms with Crippen molar-refractivity contribution in [2.45, 2.75) is 25.3 Å². The van der Waals surface area contributed by atoms with Gasteiger partial charge in [-0.3, -0.25) is 4.90 Å². The van der Waals surface area contributed by atoms with Crippen LogP contribution in [0.5, 0.6) is 0 Å². The van der Waals surface area contributed by atoms with Gasteiger partial charge in [0.2, 0.25) is 0 Å². The fourth-order valence-corrected chi connectivity index (χ4v) is 3.05. The van der Waals surface area contributed by atoms with Crippen molar-refractivity contribution in [1.82, 2.24) is 9.80 Å². The number of nitrogens with two attached hydrogens (primary N) is 1. The molecule has 1 saturated heterocycles. The topological polar surface area (TPSA) is 65.1 Å². The Morgan fingerprint density at radius 3 is 2.76 bits per heavy atom. The molecule has 1 heterocycles. The maximum Gasteiger partial charge on any atom is 0.147 e. The summed E-state index contributed by atoms with van der Waals surface area (Å²) in [7, 11) is 2.16. The molecule has 3 N–H and O–H groups in total. The predicted molar refractivity (Wildman–Crippen MR) is 85.7 cm³/mol. The highest BCUT2D eigenvalue weighted by Gasteiger charge is 2.25. The zero-order valence-corrected chi connectivity index (χ0v) is 12.9. The molecular formula is C16H26N4O. The maximum absolute atomic E-state index is 9.10. The maximum atomic E-state index is 9.10. The van der Waals surface area contributed by atoms with E-state index in [1.165, 1.54) is 0 Å². The second-order valence-electron chi connectivity index (χ2n) is 5.95. The quantitative estimate of drug-likeness (QED) is 0.382. The van der Waals surface area contributed by atoms with Gasteiger partial charge in [0.25, 0.3) is 0 Å². The number of benzene rings is 1. The predicted octanol–water partition coefficient (Wildman–Crippen LogP) is 1.54. The number of hydrogen-bond acceptors (Lipinski definition) is 4. The van der Waals surface area contributed by atoms with Crippen LogP contribution in [0.2, 0.25) is 0 Å². The molecule has 0 radical (unpaired) electrons. The average molecular weight is 290 g/mol. The third-order valence-corrected chi connectivity index (χ3v) is 4.28. The number of amidine groups is 1. The van der Waals surface area contributed by atoms with E-state index < -0.39 is 0 Å². The minimum atomic E-state index is -0.0675. The van der Waals surface area contributed by atoms with Crippen molar-refractivity contribution >= 4 is 5.84 Å². The first-order chi connectivity index (χ1) is 10.1. The lowest BCUT2D eigenvalue weighted by Crippen LogP contribution is -2.42. The summed E-state index contributed by atoms with van der Waals surface area (Å²) < 4.78 is 0. The second kappa shape index (κ2) is 7.43. The summed E-state index contributed by atoms with van der Waals surface area (Å²) in [4.78, 5) is 4.81. The minimum Gasteiger partial charge on any atom is -0.409 e. The van der Waals surface area contributed by atoms with Crippen LogP contribution < -0.4 is 5.73 Å². The van der Waals surface area contributed by atoms with Crippen LogP contribution in [0.25, 0.3) is 0 Å². The van der Waals surface area contributed by atoms with E-state index in [-0.39, 0.29) is 11.8 Å². The van der Waals surface area contributed by atoms with E-state index in [1.54, 1.807) is 0 Å². The average Bonchev–Trinajstić information content (AvgIpc) is 2.65. The fraction of sp³-hybridized carbons (Fsp3) is 0.562. The first kappa shape index (κ1) is 15.8. The number of hydrogen-bond donors (Lipinski definition) is 2. The highest BCUT2D eigenvalue weighted by atomic mass is 16.4. The second-order valence-corrected chi connectivity index (χ2v) is 5.95. The van der Waals surface area contributed by atoms with Crippen molar-refractivity contribution in [3.05, 3.63) is 35.9 Å². The standard InChI is InChI=1S/C16H26N4O/c1-13-11-19(2)9-6-10-20(13)12-15(16(17)18-21)14-7-4-3-5-8-14/h3-5,7-8,13,15,21H,6,9-12H2,1-2H3,(H2,17,18). The Hall–Kier alpha value is -1.59. The molecule has 1 aromatic rings. The van der Waals surface area contributed by atoms with Crippen molar-refractivity contribution in [2.24, 2.45) is 10.9 Å². The third-order valence-electron chi connectivity index (χ3n) is 4.28. The Labute approximate surface area is 127 Å². The lowest BCUT2D eigenvalue weighted by molar-refractivity contribution is 0.199. The Balaban J connectivity index is 2.15. The van der Waals surface area contributed by atoms with E-state index >= 15 is 0 Å². The number of nitrogens with zero attached hydrogens (tertiary/aromatic N) is 3.